The minimum Gasteiger partial charge on any atom is -0.462 e. The van der Waals surface area contributed by atoms with E-state index in [9.17, 15) is 34.0 Å². The van der Waals surface area contributed by atoms with E-state index in [0.29, 0.717) is 0 Å². The number of hydrogen-bond acceptors (Lipinski definition) is 12. The molecule has 3 rings (SSSR count). The molecule has 2 unspecified atom stereocenters. The van der Waals surface area contributed by atoms with Gasteiger partial charge in [0.25, 0.3) is 5.56 Å². The fraction of sp³-hybridized carbons (Fsp3) is 0.739. The van der Waals surface area contributed by atoms with Crippen LogP contribution >= 0.6 is 19.5 Å². The van der Waals surface area contributed by atoms with Gasteiger partial charge in [0.05, 0.1) is 24.7 Å². The Bertz CT molecular complexity index is 1230. The molecule has 16 heteroatoms. The topological polar surface area (TPSA) is 195 Å². The number of nitrogens with zero attached hydrogens (tertiary/aromatic N) is 1. The minimum atomic E-state index is -4.30. The molecule has 0 spiro atoms. The monoisotopic (exact) mass is 593 g/mol. The Balaban J connectivity index is 1.75. The maximum Gasteiger partial charge on any atom is 0.406 e. The fourth-order valence-corrected chi connectivity index (χ4v) is 6.69. The SMILES string of the molecule is CC(C)OC(=O)[C@@H](C)NP(=O)(OCCSC(=O)C(C)(C)C)OC1[C@H]2O[C@@H](n3ccc(=O)[nH]c3=O)[C@H](O)[C@@]12CO. The third kappa shape index (κ3) is 6.91. The highest BCUT2D eigenvalue weighted by atomic mass is 32.2. The second-order valence-corrected chi connectivity index (χ2v) is 13.5. The van der Waals surface area contributed by atoms with Gasteiger partial charge in [0.1, 0.15) is 24.4 Å². The number of nitrogens with one attached hydrogen (secondary N) is 2. The molecule has 0 amide bonds. The number of aromatic nitrogens is 2. The molecule has 1 saturated carbocycles. The van der Waals surface area contributed by atoms with Crippen LogP contribution in [0, 0.1) is 10.8 Å². The van der Waals surface area contributed by atoms with Crippen LogP contribution in [0.3, 0.4) is 0 Å². The van der Waals surface area contributed by atoms with Crippen molar-refractivity contribution in [3.05, 3.63) is 33.1 Å². The number of aliphatic hydroxyl groups is 2. The molecule has 14 nitrogen and oxygen atoms in total. The van der Waals surface area contributed by atoms with E-state index in [4.69, 9.17) is 18.5 Å². The number of hydrogen-bond donors (Lipinski definition) is 4. The summed E-state index contributed by atoms with van der Waals surface area (Å²) in [4.78, 5) is 50.2. The van der Waals surface area contributed by atoms with E-state index >= 15 is 0 Å². The average molecular weight is 594 g/mol. The van der Waals surface area contributed by atoms with E-state index in [1.54, 1.807) is 34.6 Å². The van der Waals surface area contributed by atoms with Crippen LogP contribution in [0.5, 0.6) is 0 Å². The summed E-state index contributed by atoms with van der Waals surface area (Å²) in [6.45, 7) is 9.16. The van der Waals surface area contributed by atoms with Crippen LogP contribution in [-0.2, 0) is 32.7 Å². The number of ether oxygens (including phenoxy) is 2. The lowest BCUT2D eigenvalue weighted by molar-refractivity contribution is -0.149. The van der Waals surface area contributed by atoms with Crippen LogP contribution in [0.4, 0.5) is 0 Å². The van der Waals surface area contributed by atoms with E-state index in [0.717, 1.165) is 28.6 Å². The van der Waals surface area contributed by atoms with Gasteiger partial charge in [0.15, 0.2) is 11.3 Å². The molecule has 2 aliphatic rings. The minimum absolute atomic E-state index is 0.0975. The van der Waals surface area contributed by atoms with Crippen LogP contribution in [0.2, 0.25) is 0 Å². The van der Waals surface area contributed by atoms with Gasteiger partial charge in [-0.3, -0.25) is 33.0 Å². The van der Waals surface area contributed by atoms with Crippen molar-refractivity contribution in [1.82, 2.24) is 14.6 Å². The molecule has 7 atom stereocenters. The van der Waals surface area contributed by atoms with Crippen LogP contribution in [0.15, 0.2) is 21.9 Å². The highest BCUT2D eigenvalue weighted by molar-refractivity contribution is 8.13. The Kier molecular flexibility index (Phi) is 9.71. The summed E-state index contributed by atoms with van der Waals surface area (Å²) in [5, 5.41) is 23.6. The fourth-order valence-electron chi connectivity index (χ4n) is 4.07. The van der Waals surface area contributed by atoms with Gasteiger partial charge in [-0.15, -0.1) is 0 Å². The summed E-state index contributed by atoms with van der Waals surface area (Å²) in [7, 11) is -4.30. The van der Waals surface area contributed by atoms with Crippen LogP contribution in [-0.4, -0.2) is 80.3 Å². The normalized spacial score (nSPS) is 28.5. The van der Waals surface area contributed by atoms with E-state index in [-0.39, 0.29) is 17.5 Å². The molecule has 2 fully saturated rings. The zero-order chi connectivity index (χ0) is 29.3. The third-order valence-electron chi connectivity index (χ3n) is 6.23. The Labute approximate surface area is 229 Å². The van der Waals surface area contributed by atoms with Gasteiger partial charge >= 0.3 is 19.4 Å². The maximum atomic E-state index is 13.8. The molecule has 1 aromatic heterocycles. The number of thioether (sulfide) groups is 1. The number of carbonyl (C=O) groups is 2. The smallest absolute Gasteiger partial charge is 0.406 e. The van der Waals surface area contributed by atoms with E-state index in [2.05, 4.69) is 10.1 Å². The van der Waals surface area contributed by atoms with Crippen molar-refractivity contribution in [2.45, 2.75) is 78.2 Å². The summed E-state index contributed by atoms with van der Waals surface area (Å²) < 4.78 is 36.9. The Hall–Kier alpha value is -1.84. The van der Waals surface area contributed by atoms with Crippen molar-refractivity contribution in [2.24, 2.45) is 10.8 Å². The number of rotatable bonds is 12. The molecule has 2 heterocycles. The van der Waals surface area contributed by atoms with Crippen LogP contribution in [0.25, 0.3) is 0 Å². The number of fused-ring (bicyclic) bond motifs is 1. The second-order valence-electron chi connectivity index (χ2n) is 10.8. The lowest BCUT2D eigenvalue weighted by Gasteiger charge is -2.28. The molecule has 39 heavy (non-hydrogen) atoms. The average Bonchev–Trinajstić information content (AvgIpc) is 3.31. The molecule has 0 radical (unpaired) electrons. The summed E-state index contributed by atoms with van der Waals surface area (Å²) in [5.41, 5.74) is -3.51. The third-order valence-corrected chi connectivity index (χ3v) is 9.21. The molecule has 220 valence electrons. The first-order valence-corrected chi connectivity index (χ1v) is 14.9. The number of H-pyrrole nitrogens is 1. The predicted molar refractivity (Wildman–Crippen MR) is 140 cm³/mol. The molecule has 1 saturated heterocycles. The zero-order valence-corrected chi connectivity index (χ0v) is 24.3. The predicted octanol–water partition coefficient (Wildman–Crippen LogP) is 0.533. The van der Waals surface area contributed by atoms with Gasteiger partial charge in [-0.25, -0.2) is 14.4 Å². The van der Waals surface area contributed by atoms with Gasteiger partial charge in [-0.1, -0.05) is 32.5 Å². The molecule has 1 aliphatic carbocycles. The molecule has 1 aliphatic heterocycles. The van der Waals surface area contributed by atoms with Gasteiger partial charge in [0, 0.05) is 23.4 Å². The number of carbonyl (C=O) groups excluding carboxylic acids is 2. The lowest BCUT2D eigenvalue weighted by Crippen LogP contribution is -2.41. The first kappa shape index (κ1) is 31.7. The van der Waals surface area contributed by atoms with Crippen molar-refractivity contribution >= 4 is 30.6 Å². The quantitative estimate of drug-likeness (QED) is 0.149. The van der Waals surface area contributed by atoms with Gasteiger partial charge in [-0.2, -0.15) is 0 Å². The Morgan fingerprint density at radius 1 is 1.31 bits per heavy atom. The molecule has 1 aromatic rings. The second kappa shape index (κ2) is 12.0. The number of esters is 1. The van der Waals surface area contributed by atoms with Crippen molar-refractivity contribution in [3.63, 3.8) is 0 Å². The highest BCUT2D eigenvalue weighted by Gasteiger charge is 2.79. The molecule has 4 N–H and O–H groups in total. The van der Waals surface area contributed by atoms with Crippen molar-refractivity contribution in [3.8, 4) is 0 Å². The van der Waals surface area contributed by atoms with Gasteiger partial charge < -0.3 is 19.7 Å². The Morgan fingerprint density at radius 3 is 2.51 bits per heavy atom. The lowest BCUT2D eigenvalue weighted by atomic mass is 9.99. The largest absolute Gasteiger partial charge is 0.462 e. The summed E-state index contributed by atoms with van der Waals surface area (Å²) in [6.07, 6.45) is -4.15. The van der Waals surface area contributed by atoms with Crippen LogP contribution in [0.1, 0.15) is 47.8 Å². The van der Waals surface area contributed by atoms with E-state index in [1.807, 2.05) is 0 Å². The first-order valence-electron chi connectivity index (χ1n) is 12.4. The number of aromatic amines is 1. The summed E-state index contributed by atoms with van der Waals surface area (Å²) >= 11 is 0.991. The number of aliphatic hydroxyl groups excluding tert-OH is 2. The highest BCUT2D eigenvalue weighted by Crippen LogP contribution is 2.66. The standard InChI is InChI=1S/C23H36N3O11PS/c1-12(2)35-19(30)13(3)25-38(33,34-9-10-39-20(31)22(4,5)6)37-17-16-23(17,11-27)15(29)18(36-16)26-8-7-14(28)24-21(26)32/h7-8,12-13,15-18,27,29H,9-11H2,1-6H3,(H,25,33)(H,24,28,32)/t13-,15+,16-,17?,18-,23-,38?/m1/s1. The van der Waals surface area contributed by atoms with Crippen molar-refractivity contribution in [2.75, 3.05) is 19.0 Å². The van der Waals surface area contributed by atoms with E-state index in [1.165, 1.54) is 6.92 Å². The van der Waals surface area contributed by atoms with E-state index < -0.39 is 79.1 Å². The molecule has 0 bridgehead atoms. The molecular weight excluding hydrogens is 557 g/mol. The first-order chi connectivity index (χ1) is 18.1. The maximum absolute atomic E-state index is 13.8. The zero-order valence-electron chi connectivity index (χ0n) is 22.6. The molecular formula is C23H36N3O11PS. The van der Waals surface area contributed by atoms with Gasteiger partial charge in [-0.05, 0) is 20.8 Å². The van der Waals surface area contributed by atoms with Crippen molar-refractivity contribution < 1.29 is 42.9 Å². The van der Waals surface area contributed by atoms with Crippen molar-refractivity contribution in [1.29, 1.82) is 0 Å². The van der Waals surface area contributed by atoms with Gasteiger partial charge in [0.2, 0.25) is 0 Å². The molecule has 0 aromatic carbocycles. The Morgan fingerprint density at radius 2 is 1.97 bits per heavy atom. The van der Waals surface area contributed by atoms with Crippen LogP contribution < -0.4 is 16.3 Å². The summed E-state index contributed by atoms with van der Waals surface area (Å²) in [5.74, 6) is -0.567. The summed E-state index contributed by atoms with van der Waals surface area (Å²) in [6, 6.07) is -0.0448.